The molecule has 0 saturated heterocycles. The van der Waals surface area contributed by atoms with Crippen LogP contribution in [0, 0.1) is 0 Å². The Bertz CT molecular complexity index is 764. The van der Waals surface area contributed by atoms with Gasteiger partial charge in [-0.25, -0.2) is 4.79 Å². The van der Waals surface area contributed by atoms with E-state index in [0.717, 1.165) is 11.6 Å². The van der Waals surface area contributed by atoms with Crippen molar-refractivity contribution in [1.82, 2.24) is 5.32 Å². The van der Waals surface area contributed by atoms with Crippen molar-refractivity contribution in [2.45, 2.75) is 13.0 Å². The van der Waals surface area contributed by atoms with Gasteiger partial charge >= 0.3 is 12.5 Å². The lowest BCUT2D eigenvalue weighted by molar-refractivity contribution is -0.274. The van der Waals surface area contributed by atoms with Crippen molar-refractivity contribution in [2.75, 3.05) is 6.54 Å². The van der Waals surface area contributed by atoms with E-state index in [4.69, 9.17) is 16.3 Å². The van der Waals surface area contributed by atoms with Gasteiger partial charge in [-0.3, -0.25) is 0 Å². The molecule has 4 nitrogen and oxygen atoms in total. The van der Waals surface area contributed by atoms with E-state index in [1.54, 1.807) is 12.2 Å². The van der Waals surface area contributed by atoms with Crippen LogP contribution in [0.15, 0.2) is 54.6 Å². The minimum Gasteiger partial charge on any atom is -0.445 e. The maximum absolute atomic E-state index is 12.2. The van der Waals surface area contributed by atoms with Crippen LogP contribution in [0.1, 0.15) is 11.1 Å². The fraction of sp³-hybridized carbons (Fsp3) is 0.167. The quantitative estimate of drug-likeness (QED) is 0.745. The summed E-state index contributed by atoms with van der Waals surface area (Å²) in [4.78, 5) is 11.5. The van der Waals surface area contributed by atoms with Crippen LogP contribution in [-0.4, -0.2) is 19.0 Å². The zero-order valence-electron chi connectivity index (χ0n) is 13.4. The highest BCUT2D eigenvalue weighted by Crippen LogP contribution is 2.30. The summed E-state index contributed by atoms with van der Waals surface area (Å²) in [6, 6.07) is 13.1. The lowest BCUT2D eigenvalue weighted by Crippen LogP contribution is -2.24. The smallest absolute Gasteiger partial charge is 0.445 e. The fourth-order valence-electron chi connectivity index (χ4n) is 1.94. The maximum atomic E-state index is 12.2. The third-order valence-corrected chi connectivity index (χ3v) is 3.36. The molecular formula is C18H15ClF3NO3. The summed E-state index contributed by atoms with van der Waals surface area (Å²) in [7, 11) is 0. The van der Waals surface area contributed by atoms with Crippen molar-refractivity contribution < 1.29 is 27.4 Å². The zero-order valence-corrected chi connectivity index (χ0v) is 14.2. The molecule has 0 aromatic heterocycles. The van der Waals surface area contributed by atoms with E-state index in [9.17, 15) is 18.0 Å². The number of benzene rings is 2. The van der Waals surface area contributed by atoms with Gasteiger partial charge < -0.3 is 14.8 Å². The van der Waals surface area contributed by atoms with E-state index in [-0.39, 0.29) is 18.2 Å². The number of alkyl halides is 3. The first-order valence-electron chi connectivity index (χ1n) is 7.50. The fourth-order valence-corrected chi connectivity index (χ4v) is 2.17. The van der Waals surface area contributed by atoms with Crippen LogP contribution >= 0.6 is 11.6 Å². The second kappa shape index (κ2) is 9.15. The van der Waals surface area contributed by atoms with Crippen LogP contribution in [0.25, 0.3) is 6.08 Å². The summed E-state index contributed by atoms with van der Waals surface area (Å²) in [5.41, 5.74) is 1.43. The molecule has 0 atom stereocenters. The van der Waals surface area contributed by atoms with E-state index >= 15 is 0 Å². The highest BCUT2D eigenvalue weighted by Gasteiger charge is 2.31. The van der Waals surface area contributed by atoms with Crippen molar-refractivity contribution in [2.24, 2.45) is 0 Å². The molecule has 26 heavy (non-hydrogen) atoms. The van der Waals surface area contributed by atoms with Gasteiger partial charge in [0.2, 0.25) is 0 Å². The maximum Gasteiger partial charge on any atom is 0.573 e. The Hall–Kier alpha value is -2.67. The number of carbonyl (C=O) groups is 1. The van der Waals surface area contributed by atoms with Gasteiger partial charge in [0, 0.05) is 6.54 Å². The van der Waals surface area contributed by atoms with E-state index in [0.29, 0.717) is 5.56 Å². The molecule has 0 aliphatic carbocycles. The van der Waals surface area contributed by atoms with Gasteiger partial charge in [0.15, 0.2) is 0 Å². The van der Waals surface area contributed by atoms with Gasteiger partial charge in [0.1, 0.15) is 12.4 Å². The zero-order chi connectivity index (χ0) is 19.0. The lowest BCUT2D eigenvalue weighted by atomic mass is 10.2. The van der Waals surface area contributed by atoms with Crippen LogP contribution in [-0.2, 0) is 11.3 Å². The van der Waals surface area contributed by atoms with Gasteiger partial charge in [-0.2, -0.15) is 0 Å². The standard InChI is InChI=1S/C18H15ClF3NO3/c19-15-11-13(8-9-16(15)26-18(20,21)22)7-4-10-23-17(24)25-12-14-5-2-1-3-6-14/h1-9,11H,10,12H2,(H,23,24). The van der Waals surface area contributed by atoms with Crippen LogP contribution < -0.4 is 10.1 Å². The summed E-state index contributed by atoms with van der Waals surface area (Å²) in [6.45, 7) is 0.346. The van der Waals surface area contributed by atoms with Crippen molar-refractivity contribution in [1.29, 1.82) is 0 Å². The lowest BCUT2D eigenvalue weighted by Gasteiger charge is -2.10. The topological polar surface area (TPSA) is 47.6 Å². The molecule has 0 radical (unpaired) electrons. The molecule has 2 aromatic carbocycles. The first kappa shape index (κ1) is 19.7. The molecule has 1 amide bonds. The highest BCUT2D eigenvalue weighted by atomic mass is 35.5. The number of hydrogen-bond donors (Lipinski definition) is 1. The number of halogens is 4. The molecule has 0 unspecified atom stereocenters. The Morgan fingerprint density at radius 1 is 1.15 bits per heavy atom. The SMILES string of the molecule is O=C(NCC=Cc1ccc(OC(F)(F)F)c(Cl)c1)OCc1ccccc1. The number of alkyl carbamates (subject to hydrolysis) is 1. The minimum absolute atomic E-state index is 0.159. The Balaban J connectivity index is 1.77. The van der Waals surface area contributed by atoms with Gasteiger partial charge in [0.05, 0.1) is 5.02 Å². The molecule has 0 aliphatic heterocycles. The van der Waals surface area contributed by atoms with Crippen LogP contribution in [0.2, 0.25) is 5.02 Å². The molecule has 0 heterocycles. The van der Waals surface area contributed by atoms with Crippen molar-refractivity contribution >= 4 is 23.8 Å². The van der Waals surface area contributed by atoms with Gasteiger partial charge in [-0.15, -0.1) is 13.2 Å². The number of hydrogen-bond acceptors (Lipinski definition) is 3. The normalized spacial score (nSPS) is 11.4. The molecule has 2 aromatic rings. The summed E-state index contributed by atoms with van der Waals surface area (Å²) in [5, 5.41) is 2.36. The average Bonchev–Trinajstić information content (AvgIpc) is 2.59. The second-order valence-electron chi connectivity index (χ2n) is 5.08. The molecule has 8 heteroatoms. The Morgan fingerprint density at radius 3 is 2.54 bits per heavy atom. The van der Waals surface area contributed by atoms with E-state index < -0.39 is 18.2 Å². The van der Waals surface area contributed by atoms with Crippen molar-refractivity contribution in [3.05, 3.63) is 70.8 Å². The van der Waals surface area contributed by atoms with E-state index in [1.165, 1.54) is 12.1 Å². The van der Waals surface area contributed by atoms with Gasteiger partial charge in [-0.05, 0) is 23.3 Å². The number of rotatable bonds is 6. The first-order chi connectivity index (χ1) is 12.3. The second-order valence-corrected chi connectivity index (χ2v) is 5.49. The number of carbonyl (C=O) groups excluding carboxylic acids is 1. The molecular weight excluding hydrogens is 371 g/mol. The molecule has 0 fully saturated rings. The summed E-state index contributed by atoms with van der Waals surface area (Å²) >= 11 is 5.75. The van der Waals surface area contributed by atoms with Crippen LogP contribution in [0.4, 0.5) is 18.0 Å². The minimum atomic E-state index is -4.80. The molecule has 0 spiro atoms. The molecule has 0 bridgehead atoms. The van der Waals surface area contributed by atoms with Crippen molar-refractivity contribution in [3.63, 3.8) is 0 Å². The molecule has 1 N–H and O–H groups in total. The molecule has 2 rings (SSSR count). The Labute approximate surface area is 153 Å². The predicted molar refractivity (Wildman–Crippen MR) is 91.8 cm³/mol. The average molecular weight is 386 g/mol. The number of ether oxygens (including phenoxy) is 2. The van der Waals surface area contributed by atoms with E-state index in [2.05, 4.69) is 10.1 Å². The van der Waals surface area contributed by atoms with Gasteiger partial charge in [-0.1, -0.05) is 60.2 Å². The van der Waals surface area contributed by atoms with Crippen LogP contribution in [0.3, 0.4) is 0 Å². The molecule has 0 saturated carbocycles. The monoisotopic (exact) mass is 385 g/mol. The number of nitrogens with one attached hydrogen (secondary N) is 1. The van der Waals surface area contributed by atoms with Crippen LogP contribution in [0.5, 0.6) is 5.75 Å². The summed E-state index contributed by atoms with van der Waals surface area (Å²) in [5.74, 6) is -0.473. The molecule has 138 valence electrons. The van der Waals surface area contributed by atoms with E-state index in [1.807, 2.05) is 30.3 Å². The predicted octanol–water partition coefficient (Wildman–Crippen LogP) is 5.18. The third-order valence-electron chi connectivity index (χ3n) is 3.07. The third kappa shape index (κ3) is 7.06. The van der Waals surface area contributed by atoms with Crippen molar-refractivity contribution in [3.8, 4) is 5.75 Å². The summed E-state index contributed by atoms with van der Waals surface area (Å²) < 4.78 is 45.3. The Morgan fingerprint density at radius 2 is 1.88 bits per heavy atom. The first-order valence-corrected chi connectivity index (χ1v) is 7.88. The highest BCUT2D eigenvalue weighted by molar-refractivity contribution is 6.32. The number of amides is 1. The molecule has 0 aliphatic rings. The summed E-state index contributed by atoms with van der Waals surface area (Å²) in [6.07, 6.45) is -2.17. The Kier molecular flexibility index (Phi) is 6.91. The van der Waals surface area contributed by atoms with Gasteiger partial charge in [0.25, 0.3) is 0 Å². The largest absolute Gasteiger partial charge is 0.573 e.